The van der Waals surface area contributed by atoms with E-state index in [0.29, 0.717) is 6.42 Å². The average Bonchev–Trinajstić information content (AvgIpc) is 3.80. The second kappa shape index (κ2) is 23.9. The van der Waals surface area contributed by atoms with E-state index >= 15 is 0 Å². The van der Waals surface area contributed by atoms with Crippen molar-refractivity contribution in [2.24, 2.45) is 0 Å². The van der Waals surface area contributed by atoms with Crippen molar-refractivity contribution in [2.75, 3.05) is 17.7 Å². The summed E-state index contributed by atoms with van der Waals surface area (Å²) in [5, 5.41) is 83.3. The number of urea groups is 2. The van der Waals surface area contributed by atoms with Crippen molar-refractivity contribution in [1.82, 2.24) is 40.0 Å². The summed E-state index contributed by atoms with van der Waals surface area (Å²) in [6, 6.07) is -1.42. The van der Waals surface area contributed by atoms with Gasteiger partial charge in [-0.05, 0) is 27.2 Å². The molecule has 5 amide bonds. The van der Waals surface area contributed by atoms with Crippen LogP contribution in [0.4, 0.5) is 43.6 Å². The summed E-state index contributed by atoms with van der Waals surface area (Å²) < 4.78 is 74.4. The molecule has 2 aromatic heterocycles. The minimum absolute atomic E-state index is 0.177. The van der Waals surface area contributed by atoms with Gasteiger partial charge in [0.25, 0.3) is 0 Å². The molecule has 3 saturated heterocycles. The summed E-state index contributed by atoms with van der Waals surface area (Å²) >= 11 is 0. The number of aliphatic hydroxyl groups excluding tert-OH is 8. The van der Waals surface area contributed by atoms with Gasteiger partial charge in [0.15, 0.2) is 66.1 Å². The summed E-state index contributed by atoms with van der Waals surface area (Å²) in [6.45, 7) is 6.73. The van der Waals surface area contributed by atoms with Gasteiger partial charge in [0.05, 0.1) is 37.3 Å². The maximum absolute atomic E-state index is 14.1. The lowest BCUT2D eigenvalue weighted by molar-refractivity contribution is -0.0547. The smallest absolute Gasteiger partial charge is 0.412 e. The summed E-state index contributed by atoms with van der Waals surface area (Å²) in [7, 11) is 0. The van der Waals surface area contributed by atoms with E-state index in [1.807, 2.05) is 22.9 Å². The lowest BCUT2D eigenvalue weighted by Crippen LogP contribution is -2.54. The largest absolute Gasteiger partial charge is 0.449 e. The molecule has 14 atom stereocenters. The molecule has 0 spiro atoms. The van der Waals surface area contributed by atoms with Gasteiger partial charge < -0.3 is 81.5 Å². The van der Waals surface area contributed by atoms with Crippen molar-refractivity contribution < 1.29 is 91.7 Å². The first kappa shape index (κ1) is 54.7. The molecule has 0 aromatic carbocycles. The molecule has 380 valence electrons. The number of nitrogens with zero attached hydrogens (tertiary/aromatic N) is 5. The van der Waals surface area contributed by atoms with Crippen molar-refractivity contribution in [1.29, 1.82) is 0 Å². The summed E-state index contributed by atoms with van der Waals surface area (Å²) in [6.07, 6.45) is -11.7. The van der Waals surface area contributed by atoms with Crippen LogP contribution in [0.5, 0.6) is 0 Å². The van der Waals surface area contributed by atoms with E-state index in [9.17, 15) is 72.2 Å². The molecule has 14 N–H and O–H groups in total. The summed E-state index contributed by atoms with van der Waals surface area (Å²) in [5.41, 5.74) is 3.32. The maximum atomic E-state index is 14.1. The zero-order chi connectivity index (χ0) is 50.9. The predicted octanol–water partition coefficient (Wildman–Crippen LogP) is -2.60. The quantitative estimate of drug-likeness (QED) is 0.0953. The fourth-order valence-corrected chi connectivity index (χ4v) is 6.34. The minimum Gasteiger partial charge on any atom is -0.449 e. The Kier molecular flexibility index (Phi) is 19.3. The van der Waals surface area contributed by atoms with Crippen molar-refractivity contribution in [2.45, 2.75) is 133 Å². The fourth-order valence-electron chi connectivity index (χ4n) is 6.34. The van der Waals surface area contributed by atoms with E-state index in [0.717, 1.165) is 51.7 Å². The highest BCUT2D eigenvalue weighted by atomic mass is 19.1. The Morgan fingerprint density at radius 1 is 0.721 bits per heavy atom. The molecule has 5 aliphatic heterocycles. The molecule has 27 nitrogen and oxygen atoms in total. The Bertz CT molecular complexity index is 2280. The normalized spacial score (nSPS) is 31.8. The van der Waals surface area contributed by atoms with Crippen LogP contribution < -0.4 is 38.4 Å². The molecule has 31 heteroatoms. The van der Waals surface area contributed by atoms with Crippen LogP contribution in [-0.4, -0.2) is 163 Å². The molecule has 0 bridgehead atoms. The van der Waals surface area contributed by atoms with Crippen molar-refractivity contribution in [3.63, 3.8) is 0 Å². The zero-order valence-electron chi connectivity index (χ0n) is 36.3. The van der Waals surface area contributed by atoms with E-state index in [-0.39, 0.29) is 6.61 Å². The van der Waals surface area contributed by atoms with E-state index < -0.39 is 151 Å². The predicted molar refractivity (Wildman–Crippen MR) is 218 cm³/mol. The molecule has 68 heavy (non-hydrogen) atoms. The molecule has 2 aromatic rings. The molecule has 7 rings (SSSR count). The molecular weight excluding hydrogens is 932 g/mol. The highest BCUT2D eigenvalue weighted by Crippen LogP contribution is 2.30. The third kappa shape index (κ3) is 13.4. The van der Waals surface area contributed by atoms with Crippen LogP contribution in [0.1, 0.15) is 59.4 Å². The summed E-state index contributed by atoms with van der Waals surface area (Å²) in [5.74, 6) is -4.77. The third-order valence-corrected chi connectivity index (χ3v) is 10.2. The van der Waals surface area contributed by atoms with E-state index in [1.165, 1.54) is 20.8 Å². The zero-order valence-corrected chi connectivity index (χ0v) is 36.3. The number of hydrogen-bond acceptors (Lipinski definition) is 20. The molecule has 0 radical (unpaired) electrons. The van der Waals surface area contributed by atoms with Gasteiger partial charge in [0.1, 0.15) is 36.6 Å². The number of amides is 5. The van der Waals surface area contributed by atoms with Crippen LogP contribution >= 0.6 is 0 Å². The summed E-state index contributed by atoms with van der Waals surface area (Å²) in [4.78, 5) is 64.2. The van der Waals surface area contributed by atoms with Crippen LogP contribution in [-0.2, 0) is 18.9 Å². The minimum atomic E-state index is -1.69. The van der Waals surface area contributed by atoms with Gasteiger partial charge in [-0.2, -0.15) is 9.97 Å². The van der Waals surface area contributed by atoms with Crippen LogP contribution in [0.3, 0.4) is 0 Å². The average molecular weight is 985 g/mol. The molecule has 0 aliphatic carbocycles. The van der Waals surface area contributed by atoms with Crippen molar-refractivity contribution >= 4 is 29.8 Å². The number of carbonyl (C=O) groups excluding carboxylic acids is 3. The first-order valence-corrected chi connectivity index (χ1v) is 20.4. The van der Waals surface area contributed by atoms with Gasteiger partial charge in [-0.1, -0.05) is 19.8 Å². The van der Waals surface area contributed by atoms with Gasteiger partial charge in [-0.3, -0.25) is 19.4 Å². The number of ether oxygens (including phenoxy) is 4. The van der Waals surface area contributed by atoms with E-state index in [2.05, 4.69) is 15.3 Å². The van der Waals surface area contributed by atoms with Gasteiger partial charge in [0.2, 0.25) is 0 Å². The maximum Gasteiger partial charge on any atom is 0.412 e. The number of aromatic nitrogens is 4. The molecule has 3 fully saturated rings. The molecule has 0 saturated carbocycles. The van der Waals surface area contributed by atoms with Gasteiger partial charge in [-0.25, -0.2) is 41.5 Å². The molecule has 5 unspecified atom stereocenters. The number of hydrogen-bond donors (Lipinski definition) is 13. The Morgan fingerprint density at radius 2 is 1.21 bits per heavy atom. The number of nitrogen functional groups attached to an aromatic ring is 1. The Hall–Kier alpha value is -5.87. The topological polar surface area (TPSA) is 397 Å². The van der Waals surface area contributed by atoms with E-state index in [1.54, 1.807) is 0 Å². The van der Waals surface area contributed by atoms with Crippen LogP contribution in [0, 0.1) is 11.6 Å². The number of unbranched alkanes of at least 4 members (excludes halogenated alkanes) is 2. The molecule has 7 heterocycles. The van der Waals surface area contributed by atoms with Crippen LogP contribution in [0.2, 0.25) is 0 Å². The monoisotopic (exact) mass is 984 g/mol. The highest BCUT2D eigenvalue weighted by molar-refractivity contribution is 5.83. The Labute approximate surface area is 381 Å². The number of rotatable bonds is 8. The number of anilines is 2. The molecule has 5 aliphatic rings. The van der Waals surface area contributed by atoms with Crippen molar-refractivity contribution in [3.05, 3.63) is 69.1 Å². The highest BCUT2D eigenvalue weighted by Gasteiger charge is 2.46. The van der Waals surface area contributed by atoms with Crippen LogP contribution in [0.25, 0.3) is 0 Å². The number of aliphatic hydroxyl groups is 8. The first-order valence-electron chi connectivity index (χ1n) is 20.4. The molecular formula is C37H52F4N10O17. The Balaban J connectivity index is 0.000000208. The fraction of sp³-hybridized carbons (Fsp3) is 0.595. The lowest BCUT2D eigenvalue weighted by Gasteiger charge is -2.31. The Morgan fingerprint density at radius 3 is 1.68 bits per heavy atom. The SMILES string of the molecule is CCCCCOC(=O)Nc1nc(=O)n([C@@H]2O[C@H](C)[C@H](O)C2O)cc1F.C[C@H]1O[C@@H](N2C=C(F)C(O)NC2=O)C(O)[C@H]1O.C[C@H]1O[C@@H](n2cc(F)c(N)nc2=O)C(O)[C@H]1O.O=C1NC=C(F)C(O)N1. The standard InChI is InChI=1S/C15H22FN3O6.C9H12FN3O4.C9H13FN2O5.C4H5FN2O2/c1-3-4-5-6-24-15(23)18-12-9(16)7-19(14(22)17-12)13-11(21)10(20)8(2)25-13;1-3-5(14)6(15)8(17-3)13-2-4(10)7(11)12-9(13)16;1-3-5(13)6(14)8(17-3)12-2-4(10)7(15)11-9(12)16;5-2-1-6-4(9)7-3(2)8/h7-8,10-11,13,20-21H,3-6H2,1-2H3,(H,17,18,22,23);2-3,5-6,8,14-15H,1H3,(H2,11,12,16);2-3,5-8,13-15H,1H3,(H,11,16);1,3,8H,(H2,6,7,9)/t8-,10+,11?,13-;3-,5+,6?,8-;3-,5+,6?,7?,8-;/m111./s1. The third-order valence-electron chi connectivity index (χ3n) is 10.2. The second-order valence-electron chi connectivity index (χ2n) is 15.2. The first-order chi connectivity index (χ1) is 31.9. The van der Waals surface area contributed by atoms with Gasteiger partial charge >= 0.3 is 29.5 Å². The number of carbonyl (C=O) groups is 3. The van der Waals surface area contributed by atoms with Gasteiger partial charge in [-0.15, -0.1) is 0 Å². The number of halogens is 4. The number of nitrogens with two attached hydrogens (primary N) is 1. The number of nitrogens with one attached hydrogen (secondary N) is 4. The second-order valence-corrected chi connectivity index (χ2v) is 15.2. The van der Waals surface area contributed by atoms with Crippen LogP contribution in [0.15, 0.2) is 46.0 Å². The lowest BCUT2D eigenvalue weighted by atomic mass is 10.1. The van der Waals surface area contributed by atoms with Crippen molar-refractivity contribution in [3.8, 4) is 0 Å². The van der Waals surface area contributed by atoms with E-state index in [4.69, 9.17) is 34.9 Å². The van der Waals surface area contributed by atoms with Gasteiger partial charge in [0, 0.05) is 12.4 Å².